The number of hydrogen-bond acceptors (Lipinski definition) is 0. The first kappa shape index (κ1) is 18.7. The highest BCUT2D eigenvalue weighted by Crippen LogP contribution is 2.34. The molecule has 0 fully saturated rings. The minimum absolute atomic E-state index is 0.0638. The monoisotopic (exact) mass is 360 g/mol. The number of rotatable bonds is 9. The molecule has 2 unspecified atom stereocenters. The molecule has 104 valence electrons. The molecule has 0 rings (SSSR count). The number of hydrogen-bond donors (Lipinski definition) is 0. The third-order valence-corrected chi connectivity index (χ3v) is 4.14. The Labute approximate surface area is 134 Å². The number of alkyl halides is 6. The van der Waals surface area contributed by atoms with Gasteiger partial charge in [-0.25, -0.2) is 0 Å². The van der Waals surface area contributed by atoms with Gasteiger partial charge in [-0.15, -0.1) is 34.8 Å². The standard InChI is InChI=1S/C11H18Cl6/c12-8-10(14)6-4-2-1-3-5-9(13)7-11(15,16)17/h9-10H,1-8H2. The van der Waals surface area contributed by atoms with Gasteiger partial charge < -0.3 is 0 Å². The summed E-state index contributed by atoms with van der Waals surface area (Å²) in [5.74, 6) is 0.522. The highest BCUT2D eigenvalue weighted by Gasteiger charge is 2.23. The molecule has 0 amide bonds. The van der Waals surface area contributed by atoms with E-state index in [1.165, 1.54) is 0 Å². The molecular formula is C11H18Cl6. The summed E-state index contributed by atoms with van der Waals surface area (Å²) in [6, 6.07) is 0. The van der Waals surface area contributed by atoms with Crippen LogP contribution in [0.3, 0.4) is 0 Å². The molecule has 0 aromatic rings. The molecule has 0 aromatic heterocycles. The van der Waals surface area contributed by atoms with E-state index in [1.54, 1.807) is 0 Å². The smallest absolute Gasteiger partial charge is 0.125 e. The molecule has 17 heavy (non-hydrogen) atoms. The largest absolute Gasteiger partial charge is 0.192 e. The first-order valence-corrected chi connectivity index (χ1v) is 8.30. The van der Waals surface area contributed by atoms with Gasteiger partial charge in [0.05, 0.1) is 0 Å². The summed E-state index contributed by atoms with van der Waals surface area (Å²) in [5.41, 5.74) is 0. The lowest BCUT2D eigenvalue weighted by Gasteiger charge is -2.15. The molecule has 0 saturated carbocycles. The highest BCUT2D eigenvalue weighted by atomic mass is 35.6. The molecule has 0 heterocycles. The van der Waals surface area contributed by atoms with Crippen molar-refractivity contribution in [3.05, 3.63) is 0 Å². The van der Waals surface area contributed by atoms with E-state index in [4.69, 9.17) is 69.6 Å². The van der Waals surface area contributed by atoms with Gasteiger partial charge in [0.25, 0.3) is 0 Å². The van der Waals surface area contributed by atoms with Crippen molar-refractivity contribution in [1.29, 1.82) is 0 Å². The van der Waals surface area contributed by atoms with Gasteiger partial charge in [0.2, 0.25) is 0 Å². The molecule has 0 aliphatic carbocycles. The average Bonchev–Trinajstić information content (AvgIpc) is 2.20. The zero-order valence-electron chi connectivity index (χ0n) is 9.58. The van der Waals surface area contributed by atoms with Crippen LogP contribution >= 0.6 is 69.6 Å². The molecule has 2 atom stereocenters. The van der Waals surface area contributed by atoms with Crippen molar-refractivity contribution in [2.75, 3.05) is 5.88 Å². The van der Waals surface area contributed by atoms with Crippen LogP contribution in [0.15, 0.2) is 0 Å². The number of halogens is 6. The summed E-state index contributed by atoms with van der Waals surface area (Å²) in [4.78, 5) is 0. The van der Waals surface area contributed by atoms with Gasteiger partial charge in [-0.2, -0.15) is 0 Å². The molecular weight excluding hydrogens is 345 g/mol. The Bertz CT molecular complexity index is 179. The van der Waals surface area contributed by atoms with Gasteiger partial charge in [0.1, 0.15) is 0 Å². The zero-order chi connectivity index (χ0) is 13.3. The molecule has 0 nitrogen and oxygen atoms in total. The molecule has 0 bridgehead atoms. The summed E-state index contributed by atoms with van der Waals surface area (Å²) in [6.07, 6.45) is 6.71. The van der Waals surface area contributed by atoms with Gasteiger partial charge in [0, 0.05) is 23.1 Å². The Morgan fingerprint density at radius 2 is 1.24 bits per heavy atom. The Kier molecular flexibility index (Phi) is 11.6. The van der Waals surface area contributed by atoms with Crippen molar-refractivity contribution in [2.24, 2.45) is 0 Å². The van der Waals surface area contributed by atoms with Crippen molar-refractivity contribution in [3.63, 3.8) is 0 Å². The Hall–Kier alpha value is 1.74. The van der Waals surface area contributed by atoms with Crippen LogP contribution < -0.4 is 0 Å². The second-order valence-electron chi connectivity index (χ2n) is 4.16. The summed E-state index contributed by atoms with van der Waals surface area (Å²) < 4.78 is -1.24. The average molecular weight is 363 g/mol. The Morgan fingerprint density at radius 1 is 0.765 bits per heavy atom. The molecule has 0 radical (unpaired) electrons. The molecule has 0 N–H and O–H groups in total. The minimum Gasteiger partial charge on any atom is -0.125 e. The van der Waals surface area contributed by atoms with Crippen molar-refractivity contribution in [3.8, 4) is 0 Å². The van der Waals surface area contributed by atoms with Gasteiger partial charge in [-0.05, 0) is 12.8 Å². The molecule has 6 heteroatoms. The first-order valence-electron chi connectivity index (χ1n) is 5.76. The van der Waals surface area contributed by atoms with Crippen LogP contribution in [-0.2, 0) is 0 Å². The third-order valence-electron chi connectivity index (χ3n) is 2.41. The number of unbranched alkanes of at least 4 members (excludes halogenated alkanes) is 3. The lowest BCUT2D eigenvalue weighted by molar-refractivity contribution is 0.572. The fourth-order valence-corrected chi connectivity index (χ4v) is 3.01. The SMILES string of the molecule is ClCC(Cl)CCCCCCC(Cl)CC(Cl)(Cl)Cl. The Morgan fingerprint density at radius 3 is 1.65 bits per heavy atom. The molecule has 0 saturated heterocycles. The minimum atomic E-state index is -1.24. The zero-order valence-corrected chi connectivity index (χ0v) is 14.1. The van der Waals surface area contributed by atoms with Crippen LogP contribution in [0.2, 0.25) is 0 Å². The molecule has 0 aromatic carbocycles. The predicted molar refractivity (Wildman–Crippen MR) is 82.6 cm³/mol. The van der Waals surface area contributed by atoms with E-state index in [1.807, 2.05) is 0 Å². The summed E-state index contributed by atoms with van der Waals surface area (Å²) in [6.45, 7) is 0. The van der Waals surface area contributed by atoms with Gasteiger partial charge in [-0.3, -0.25) is 0 Å². The quantitative estimate of drug-likeness (QED) is 0.322. The molecule has 0 aliphatic heterocycles. The van der Waals surface area contributed by atoms with Crippen LogP contribution in [-0.4, -0.2) is 20.4 Å². The van der Waals surface area contributed by atoms with Crippen molar-refractivity contribution in [2.45, 2.75) is 59.5 Å². The summed E-state index contributed by atoms with van der Waals surface area (Å²) in [5, 5.41) is 0.0351. The first-order chi connectivity index (χ1) is 7.85. The second-order valence-corrected chi connectivity index (χ2v) is 8.22. The van der Waals surface area contributed by atoms with Crippen molar-refractivity contribution >= 4 is 69.6 Å². The van der Waals surface area contributed by atoms with Gasteiger partial charge >= 0.3 is 0 Å². The molecule has 0 aliphatic rings. The fourth-order valence-electron chi connectivity index (χ4n) is 1.52. The van der Waals surface area contributed by atoms with Crippen LogP contribution in [0, 0.1) is 0 Å². The maximum Gasteiger partial charge on any atom is 0.192 e. The van der Waals surface area contributed by atoms with E-state index in [2.05, 4.69) is 0 Å². The fraction of sp³-hybridized carbons (Fsp3) is 1.00. The lowest BCUT2D eigenvalue weighted by Crippen LogP contribution is -2.11. The lowest BCUT2D eigenvalue weighted by atomic mass is 10.1. The van der Waals surface area contributed by atoms with Crippen LogP contribution in [0.1, 0.15) is 44.9 Å². The topological polar surface area (TPSA) is 0 Å². The van der Waals surface area contributed by atoms with E-state index in [0.717, 1.165) is 38.5 Å². The highest BCUT2D eigenvalue weighted by molar-refractivity contribution is 6.67. The maximum absolute atomic E-state index is 6.06. The molecule has 0 spiro atoms. The third kappa shape index (κ3) is 14.0. The van der Waals surface area contributed by atoms with E-state index in [0.29, 0.717) is 12.3 Å². The maximum atomic E-state index is 6.06. The summed E-state index contributed by atoms with van der Waals surface area (Å²) in [7, 11) is 0. The summed E-state index contributed by atoms with van der Waals surface area (Å²) >= 11 is 34.6. The van der Waals surface area contributed by atoms with E-state index in [9.17, 15) is 0 Å². The van der Waals surface area contributed by atoms with Crippen molar-refractivity contribution in [1.82, 2.24) is 0 Å². The normalized spacial score (nSPS) is 15.9. The van der Waals surface area contributed by atoms with E-state index >= 15 is 0 Å². The van der Waals surface area contributed by atoms with Gasteiger partial charge in [0.15, 0.2) is 3.79 Å². The van der Waals surface area contributed by atoms with E-state index < -0.39 is 3.79 Å². The van der Waals surface area contributed by atoms with Crippen LogP contribution in [0.5, 0.6) is 0 Å². The van der Waals surface area contributed by atoms with Crippen molar-refractivity contribution < 1.29 is 0 Å². The van der Waals surface area contributed by atoms with Crippen LogP contribution in [0.25, 0.3) is 0 Å². The van der Waals surface area contributed by atoms with E-state index in [-0.39, 0.29) is 10.8 Å². The predicted octanol–water partition coefficient (Wildman–Crippen LogP) is 6.54. The van der Waals surface area contributed by atoms with Gasteiger partial charge in [-0.1, -0.05) is 60.5 Å². The second kappa shape index (κ2) is 10.5. The van der Waals surface area contributed by atoms with Crippen LogP contribution in [0.4, 0.5) is 0 Å². The Balaban J connectivity index is 3.34.